The third-order valence-electron chi connectivity index (χ3n) is 2.34. The van der Waals surface area contributed by atoms with Gasteiger partial charge in [-0.3, -0.25) is 0 Å². The first-order valence-electron chi connectivity index (χ1n) is 5.94. The summed E-state index contributed by atoms with van der Waals surface area (Å²) in [5.74, 6) is -0.979. The Bertz CT molecular complexity index is 472. The summed E-state index contributed by atoms with van der Waals surface area (Å²) >= 11 is 0. The van der Waals surface area contributed by atoms with Crippen molar-refractivity contribution in [2.75, 3.05) is 18.5 Å². The van der Waals surface area contributed by atoms with Crippen LogP contribution in [0.25, 0.3) is 0 Å². The normalized spacial score (nSPS) is 13.2. The van der Waals surface area contributed by atoms with Gasteiger partial charge in [0.1, 0.15) is 0 Å². The van der Waals surface area contributed by atoms with Gasteiger partial charge in [-0.1, -0.05) is 0 Å². The molecule has 1 unspecified atom stereocenters. The Labute approximate surface area is 115 Å². The van der Waals surface area contributed by atoms with E-state index < -0.39 is 24.1 Å². The van der Waals surface area contributed by atoms with Gasteiger partial charge in [0.25, 0.3) is 0 Å². The van der Waals surface area contributed by atoms with Crippen molar-refractivity contribution < 1.29 is 24.5 Å². The molecule has 1 aromatic rings. The zero-order chi connectivity index (χ0) is 15.2. The first kappa shape index (κ1) is 15.7. The van der Waals surface area contributed by atoms with Crippen LogP contribution in [-0.4, -0.2) is 46.0 Å². The van der Waals surface area contributed by atoms with Gasteiger partial charge in [0.15, 0.2) is 5.60 Å². The Morgan fingerprint density at radius 2 is 2.15 bits per heavy atom. The number of aliphatic carboxylic acids is 1. The Balaban J connectivity index is 2.48. The minimum atomic E-state index is -2.02. The molecule has 1 heterocycles. The number of nitrogens with one attached hydrogen (secondary N) is 2. The highest BCUT2D eigenvalue weighted by atomic mass is 16.5. The molecule has 1 rings (SSSR count). The number of hydrogen-bond acceptors (Lipinski definition) is 5. The molecule has 0 radical (unpaired) electrons. The van der Waals surface area contributed by atoms with Crippen LogP contribution in [0.1, 0.15) is 13.8 Å². The fourth-order valence-corrected chi connectivity index (χ4v) is 1.19. The number of urea groups is 1. The Morgan fingerprint density at radius 1 is 1.45 bits per heavy atom. The number of carbonyl (C=O) groups excluding carboxylic acids is 1. The van der Waals surface area contributed by atoms with Gasteiger partial charge in [-0.15, -0.1) is 0 Å². The van der Waals surface area contributed by atoms with Crippen LogP contribution in [0.3, 0.4) is 0 Å². The second-order valence-corrected chi connectivity index (χ2v) is 4.20. The fourth-order valence-electron chi connectivity index (χ4n) is 1.19. The summed E-state index contributed by atoms with van der Waals surface area (Å²) in [5.41, 5.74) is -1.60. The highest BCUT2D eigenvalue weighted by Gasteiger charge is 2.30. The molecule has 8 nitrogen and oxygen atoms in total. The van der Waals surface area contributed by atoms with Crippen molar-refractivity contribution >= 4 is 17.7 Å². The third kappa shape index (κ3) is 4.73. The third-order valence-corrected chi connectivity index (χ3v) is 2.34. The van der Waals surface area contributed by atoms with E-state index in [0.717, 1.165) is 6.92 Å². The molecule has 0 spiro atoms. The number of carbonyl (C=O) groups is 2. The van der Waals surface area contributed by atoms with Gasteiger partial charge in [0.2, 0.25) is 5.88 Å². The predicted octanol–water partition coefficient (Wildman–Crippen LogP) is 0.437. The van der Waals surface area contributed by atoms with E-state index in [-0.39, 0.29) is 0 Å². The van der Waals surface area contributed by atoms with Crippen molar-refractivity contribution in [3.63, 3.8) is 0 Å². The van der Waals surface area contributed by atoms with Crippen LogP contribution in [0, 0.1) is 0 Å². The lowest BCUT2D eigenvalue weighted by atomic mass is 10.1. The summed E-state index contributed by atoms with van der Waals surface area (Å²) in [6.07, 6.45) is 1.40. The maximum Gasteiger partial charge on any atom is 0.337 e. The van der Waals surface area contributed by atoms with Crippen molar-refractivity contribution in [3.8, 4) is 5.88 Å². The van der Waals surface area contributed by atoms with Crippen molar-refractivity contribution in [1.29, 1.82) is 0 Å². The Hall–Kier alpha value is -2.35. The number of ether oxygens (including phenoxy) is 1. The van der Waals surface area contributed by atoms with Crippen LogP contribution in [0.2, 0.25) is 0 Å². The maximum absolute atomic E-state index is 11.5. The maximum atomic E-state index is 11.5. The van der Waals surface area contributed by atoms with E-state index in [1.807, 2.05) is 6.92 Å². The molecular weight excluding hydrogens is 266 g/mol. The molecule has 1 atom stereocenters. The zero-order valence-electron chi connectivity index (χ0n) is 11.2. The number of pyridine rings is 1. The average Bonchev–Trinajstić information content (AvgIpc) is 2.39. The lowest BCUT2D eigenvalue weighted by Gasteiger charge is -2.18. The summed E-state index contributed by atoms with van der Waals surface area (Å²) in [6.45, 7) is 2.99. The standard InChI is InChI=1S/C12H17N3O5/c1-3-20-9-5-4-8(6-13-9)15-11(18)14-7-12(2,19)10(16)17/h4-6,19H,3,7H2,1-2H3,(H,16,17)(H2,14,15,18). The first-order valence-corrected chi connectivity index (χ1v) is 5.94. The molecule has 20 heavy (non-hydrogen) atoms. The van der Waals surface area contributed by atoms with E-state index in [1.54, 1.807) is 12.1 Å². The second-order valence-electron chi connectivity index (χ2n) is 4.20. The van der Waals surface area contributed by atoms with E-state index in [1.165, 1.54) is 6.20 Å². The van der Waals surface area contributed by atoms with E-state index >= 15 is 0 Å². The quantitative estimate of drug-likeness (QED) is 0.601. The number of aromatic nitrogens is 1. The van der Waals surface area contributed by atoms with Gasteiger partial charge < -0.3 is 25.6 Å². The van der Waals surface area contributed by atoms with Gasteiger partial charge in [0, 0.05) is 6.07 Å². The highest BCUT2D eigenvalue weighted by molar-refractivity contribution is 5.89. The number of carboxylic acid groups (broad SMARTS) is 1. The van der Waals surface area contributed by atoms with E-state index in [0.29, 0.717) is 18.2 Å². The lowest BCUT2D eigenvalue weighted by molar-refractivity contribution is -0.155. The number of hydrogen-bond donors (Lipinski definition) is 4. The first-order chi connectivity index (χ1) is 9.35. The highest BCUT2D eigenvalue weighted by Crippen LogP contribution is 2.11. The molecule has 0 aliphatic heterocycles. The van der Waals surface area contributed by atoms with Crippen LogP contribution in [0.5, 0.6) is 5.88 Å². The Morgan fingerprint density at radius 3 is 2.65 bits per heavy atom. The molecule has 8 heteroatoms. The van der Waals surface area contributed by atoms with Crippen molar-refractivity contribution in [1.82, 2.24) is 10.3 Å². The zero-order valence-corrected chi connectivity index (χ0v) is 11.2. The monoisotopic (exact) mass is 283 g/mol. The molecule has 0 bridgehead atoms. The number of anilines is 1. The summed E-state index contributed by atoms with van der Waals surface area (Å²) in [7, 11) is 0. The van der Waals surface area contributed by atoms with E-state index in [4.69, 9.17) is 9.84 Å². The minimum absolute atomic E-state index is 0.418. The average molecular weight is 283 g/mol. The van der Waals surface area contributed by atoms with Crippen molar-refractivity contribution in [3.05, 3.63) is 18.3 Å². The SMILES string of the molecule is CCOc1ccc(NC(=O)NCC(C)(O)C(=O)O)cn1. The number of aliphatic hydroxyl groups is 1. The number of carboxylic acids is 1. The van der Waals surface area contributed by atoms with Gasteiger partial charge >= 0.3 is 12.0 Å². The second kappa shape index (κ2) is 6.71. The molecule has 0 aromatic carbocycles. The van der Waals surface area contributed by atoms with Crippen LogP contribution < -0.4 is 15.4 Å². The molecule has 0 aliphatic carbocycles. The number of nitrogens with zero attached hydrogens (tertiary/aromatic N) is 1. The minimum Gasteiger partial charge on any atom is -0.479 e. The summed E-state index contributed by atoms with van der Waals surface area (Å²) in [4.78, 5) is 26.1. The van der Waals surface area contributed by atoms with E-state index in [2.05, 4.69) is 15.6 Å². The summed E-state index contributed by atoms with van der Waals surface area (Å²) in [5, 5.41) is 22.8. The summed E-state index contributed by atoms with van der Waals surface area (Å²) < 4.78 is 5.15. The molecule has 2 amide bonds. The van der Waals surface area contributed by atoms with Crippen LogP contribution >= 0.6 is 0 Å². The van der Waals surface area contributed by atoms with Gasteiger partial charge in [-0.05, 0) is 19.9 Å². The van der Waals surface area contributed by atoms with E-state index in [9.17, 15) is 14.7 Å². The van der Waals surface area contributed by atoms with Crippen molar-refractivity contribution in [2.45, 2.75) is 19.4 Å². The lowest BCUT2D eigenvalue weighted by Crippen LogP contribution is -2.47. The largest absolute Gasteiger partial charge is 0.479 e. The fraction of sp³-hybridized carbons (Fsp3) is 0.417. The van der Waals surface area contributed by atoms with Crippen LogP contribution in [0.15, 0.2) is 18.3 Å². The molecule has 0 fully saturated rings. The molecular formula is C12H17N3O5. The molecule has 0 saturated heterocycles. The molecule has 0 aliphatic rings. The van der Waals surface area contributed by atoms with Gasteiger partial charge in [-0.2, -0.15) is 0 Å². The van der Waals surface area contributed by atoms with Gasteiger partial charge in [0.05, 0.1) is 25.0 Å². The predicted molar refractivity (Wildman–Crippen MR) is 70.7 cm³/mol. The molecule has 1 aromatic heterocycles. The van der Waals surface area contributed by atoms with Gasteiger partial charge in [-0.25, -0.2) is 14.6 Å². The molecule has 4 N–H and O–H groups in total. The number of rotatable bonds is 6. The van der Waals surface area contributed by atoms with Crippen molar-refractivity contribution in [2.24, 2.45) is 0 Å². The smallest absolute Gasteiger partial charge is 0.337 e. The van der Waals surface area contributed by atoms with Crippen LogP contribution in [-0.2, 0) is 4.79 Å². The summed E-state index contributed by atoms with van der Waals surface area (Å²) in [6, 6.07) is 2.54. The molecule has 0 saturated carbocycles. The topological polar surface area (TPSA) is 121 Å². The Kier molecular flexibility index (Phi) is 5.27. The number of amides is 2. The molecule has 110 valence electrons. The van der Waals surface area contributed by atoms with Crippen LogP contribution in [0.4, 0.5) is 10.5 Å².